The molecule has 19 nitrogen and oxygen atoms in total. The molecule has 0 aromatic rings. The monoisotopic (exact) mass is 1160 g/mol. The Morgan fingerprint density at radius 1 is 0.432 bits per heavy atom. The molecular weight excluding hydrogens is 1050 g/mol. The van der Waals surface area contributed by atoms with E-state index < -0.39 is 124 Å². The van der Waals surface area contributed by atoms with Crippen LogP contribution < -0.4 is 5.32 Å². The summed E-state index contributed by atoms with van der Waals surface area (Å²) in [5.41, 5.74) is 0. The van der Waals surface area contributed by atoms with Crippen molar-refractivity contribution in [2.45, 2.75) is 324 Å². The van der Waals surface area contributed by atoms with E-state index in [0.29, 0.717) is 12.8 Å². The Balaban J connectivity index is 1.50. The Morgan fingerprint density at radius 2 is 0.790 bits per heavy atom. The first-order valence-electron chi connectivity index (χ1n) is 31.7. The average Bonchev–Trinajstić information content (AvgIpc) is 3.47. The summed E-state index contributed by atoms with van der Waals surface area (Å²) >= 11 is 0. The molecule has 0 saturated carbocycles. The minimum Gasteiger partial charge on any atom is -0.394 e. The van der Waals surface area contributed by atoms with Crippen molar-refractivity contribution in [2.75, 3.05) is 26.4 Å². The second-order valence-electron chi connectivity index (χ2n) is 22.9. The van der Waals surface area contributed by atoms with E-state index in [-0.39, 0.29) is 18.9 Å². The highest BCUT2D eigenvalue weighted by Crippen LogP contribution is 2.33. The number of carbonyl (C=O) groups is 1. The van der Waals surface area contributed by atoms with Gasteiger partial charge in [-0.2, -0.15) is 0 Å². The molecule has 17 unspecified atom stereocenters. The van der Waals surface area contributed by atoms with Crippen LogP contribution in [0.25, 0.3) is 0 Å². The van der Waals surface area contributed by atoms with Gasteiger partial charge in [0.25, 0.3) is 0 Å². The molecule has 81 heavy (non-hydrogen) atoms. The molecule has 1 amide bonds. The number of carbonyl (C=O) groups excluding carboxylic acids is 1. The SMILES string of the molecule is CCCCCCCC/C=C\CCCCCCCCCC(=O)NC(COC1OC(CO)C(OC2OC(CO)C(OC3OC(CO)C(O)C(O)C3O)C(O)C2O)C(O)C1O)C(O)/C=C/CC/C=C/CCCCCCCCCCCCCCC. The number of unbranched alkanes of at least 4 members (excludes halogenated alkanes) is 27. The van der Waals surface area contributed by atoms with Crippen LogP contribution in [0.5, 0.6) is 0 Å². The Kier molecular flexibility index (Phi) is 41.0. The molecule has 3 aliphatic heterocycles. The molecule has 0 bridgehead atoms. The highest BCUT2D eigenvalue weighted by atomic mass is 16.8. The van der Waals surface area contributed by atoms with E-state index in [1.807, 2.05) is 6.08 Å². The molecule has 3 fully saturated rings. The fourth-order valence-electron chi connectivity index (χ4n) is 10.7. The minimum atomic E-state index is -1.98. The lowest BCUT2D eigenvalue weighted by molar-refractivity contribution is -0.379. The summed E-state index contributed by atoms with van der Waals surface area (Å²) in [6.07, 6.45) is 22.6. The highest BCUT2D eigenvalue weighted by molar-refractivity contribution is 5.76. The first-order valence-corrected chi connectivity index (χ1v) is 31.7. The van der Waals surface area contributed by atoms with Crippen LogP contribution in [0.15, 0.2) is 36.5 Å². The minimum absolute atomic E-state index is 0.231. The summed E-state index contributed by atoms with van der Waals surface area (Å²) in [5, 5.41) is 120. The van der Waals surface area contributed by atoms with Crippen LogP contribution in [-0.4, -0.2) is 193 Å². The highest BCUT2D eigenvalue weighted by Gasteiger charge is 2.53. The zero-order valence-corrected chi connectivity index (χ0v) is 49.5. The summed E-state index contributed by atoms with van der Waals surface area (Å²) in [7, 11) is 0. The van der Waals surface area contributed by atoms with Gasteiger partial charge in [-0.3, -0.25) is 4.79 Å². The van der Waals surface area contributed by atoms with Gasteiger partial charge < -0.3 is 89.9 Å². The predicted molar refractivity (Wildman–Crippen MR) is 309 cm³/mol. The van der Waals surface area contributed by atoms with Gasteiger partial charge in [-0.05, 0) is 57.8 Å². The van der Waals surface area contributed by atoms with E-state index in [1.54, 1.807) is 6.08 Å². The Hall–Kier alpha value is -1.99. The van der Waals surface area contributed by atoms with Gasteiger partial charge in [-0.15, -0.1) is 0 Å². The largest absolute Gasteiger partial charge is 0.394 e. The number of rotatable bonds is 47. The molecule has 3 aliphatic rings. The van der Waals surface area contributed by atoms with Crippen molar-refractivity contribution in [1.29, 1.82) is 0 Å². The number of allylic oxidation sites excluding steroid dienone is 5. The number of amides is 1. The van der Waals surface area contributed by atoms with Crippen LogP contribution in [0.1, 0.15) is 219 Å². The number of aliphatic hydroxyl groups excluding tert-OH is 11. The molecule has 3 saturated heterocycles. The molecule has 3 rings (SSSR count). The van der Waals surface area contributed by atoms with Gasteiger partial charge in [-0.25, -0.2) is 0 Å². The van der Waals surface area contributed by atoms with Gasteiger partial charge >= 0.3 is 0 Å². The first kappa shape index (κ1) is 73.3. The van der Waals surface area contributed by atoms with Crippen molar-refractivity contribution >= 4 is 5.91 Å². The Labute approximate surface area is 485 Å². The standard InChI is InChI=1S/C62H113NO18/c1-3-5-7-9-11-13-15-17-19-21-22-24-25-27-29-31-33-35-37-39-46(67)45(63-50(68)40-38-36-34-32-30-28-26-23-20-18-16-14-12-10-8-6-4-2)44-76-60-56(74)53(71)58(48(42-65)78-60)81-62-57(75)54(72)59(49(43-66)79-62)80-61-55(73)52(70)51(69)47(41-64)77-61/h18,20,29,31,37,39,45-49,51-62,64-67,69-75H,3-17,19,21-28,30,32-36,38,40-44H2,1-2H3,(H,63,68)/b20-18-,31-29+,39-37+. The number of ether oxygens (including phenoxy) is 6. The van der Waals surface area contributed by atoms with Crippen molar-refractivity contribution in [3.05, 3.63) is 36.5 Å². The summed E-state index contributed by atoms with van der Waals surface area (Å²) < 4.78 is 34.3. The lowest BCUT2D eigenvalue weighted by Gasteiger charge is -2.48. The maximum atomic E-state index is 13.3. The zero-order chi connectivity index (χ0) is 59.0. The van der Waals surface area contributed by atoms with E-state index in [4.69, 9.17) is 28.4 Å². The van der Waals surface area contributed by atoms with Crippen molar-refractivity contribution in [3.8, 4) is 0 Å². The van der Waals surface area contributed by atoms with E-state index >= 15 is 0 Å². The molecule has 12 N–H and O–H groups in total. The molecule has 17 atom stereocenters. The lowest BCUT2D eigenvalue weighted by atomic mass is 9.96. The lowest BCUT2D eigenvalue weighted by Crippen LogP contribution is -2.66. The van der Waals surface area contributed by atoms with Crippen LogP contribution in [0, 0.1) is 0 Å². The van der Waals surface area contributed by atoms with Gasteiger partial charge in [0.1, 0.15) is 73.2 Å². The van der Waals surface area contributed by atoms with E-state index in [0.717, 1.165) is 51.4 Å². The summed E-state index contributed by atoms with van der Waals surface area (Å²) in [5.74, 6) is -0.290. The second-order valence-corrected chi connectivity index (χ2v) is 22.9. The average molecular weight is 1160 g/mol. The predicted octanol–water partition coefficient (Wildman–Crippen LogP) is 6.49. The summed E-state index contributed by atoms with van der Waals surface area (Å²) in [6, 6.07) is -0.991. The third-order valence-corrected chi connectivity index (χ3v) is 15.9. The molecule has 474 valence electrons. The van der Waals surface area contributed by atoms with Gasteiger partial charge in [-0.1, -0.05) is 192 Å². The topological polar surface area (TPSA) is 307 Å². The van der Waals surface area contributed by atoms with E-state index in [1.165, 1.54) is 135 Å². The van der Waals surface area contributed by atoms with Crippen molar-refractivity contribution < 1.29 is 89.4 Å². The van der Waals surface area contributed by atoms with Crippen LogP contribution in [0.3, 0.4) is 0 Å². The first-order chi connectivity index (χ1) is 39.3. The van der Waals surface area contributed by atoms with E-state index in [2.05, 4.69) is 43.5 Å². The summed E-state index contributed by atoms with van der Waals surface area (Å²) in [4.78, 5) is 13.3. The van der Waals surface area contributed by atoms with Crippen LogP contribution in [0.2, 0.25) is 0 Å². The third kappa shape index (κ3) is 28.8. The van der Waals surface area contributed by atoms with Crippen molar-refractivity contribution in [3.63, 3.8) is 0 Å². The van der Waals surface area contributed by atoms with Crippen LogP contribution in [-0.2, 0) is 33.2 Å². The molecule has 0 aromatic carbocycles. The number of hydrogen-bond donors (Lipinski definition) is 12. The quantitative estimate of drug-likeness (QED) is 0.0229. The number of hydrogen-bond acceptors (Lipinski definition) is 18. The molecular formula is C62H113NO18. The van der Waals surface area contributed by atoms with E-state index in [9.17, 15) is 61.0 Å². The third-order valence-electron chi connectivity index (χ3n) is 15.9. The Morgan fingerprint density at radius 3 is 1.23 bits per heavy atom. The van der Waals surface area contributed by atoms with Crippen LogP contribution >= 0.6 is 0 Å². The Bertz CT molecular complexity index is 1620. The van der Waals surface area contributed by atoms with Gasteiger partial charge in [0.15, 0.2) is 18.9 Å². The van der Waals surface area contributed by atoms with Crippen molar-refractivity contribution in [2.24, 2.45) is 0 Å². The molecule has 3 heterocycles. The summed E-state index contributed by atoms with van der Waals surface area (Å²) in [6.45, 7) is 1.70. The van der Waals surface area contributed by atoms with Gasteiger partial charge in [0, 0.05) is 6.42 Å². The van der Waals surface area contributed by atoms with Crippen molar-refractivity contribution in [1.82, 2.24) is 5.32 Å². The second kappa shape index (κ2) is 45.3. The fraction of sp³-hybridized carbons (Fsp3) is 0.887. The zero-order valence-electron chi connectivity index (χ0n) is 49.5. The van der Waals surface area contributed by atoms with Gasteiger partial charge in [0.05, 0.1) is 38.6 Å². The maximum absolute atomic E-state index is 13.3. The maximum Gasteiger partial charge on any atom is 0.220 e. The smallest absolute Gasteiger partial charge is 0.220 e. The molecule has 0 spiro atoms. The van der Waals surface area contributed by atoms with Gasteiger partial charge in [0.2, 0.25) is 5.91 Å². The molecule has 0 radical (unpaired) electrons. The fourth-order valence-corrected chi connectivity index (χ4v) is 10.7. The number of nitrogens with one attached hydrogen (secondary N) is 1. The number of aliphatic hydroxyl groups is 11. The molecule has 0 aromatic heterocycles. The normalized spacial score (nSPS) is 30.0. The molecule has 0 aliphatic carbocycles. The van der Waals surface area contributed by atoms with Crippen LogP contribution in [0.4, 0.5) is 0 Å². The molecule has 19 heteroatoms.